The van der Waals surface area contributed by atoms with Crippen molar-refractivity contribution >= 4 is 35.6 Å². The van der Waals surface area contributed by atoms with Gasteiger partial charge in [0, 0.05) is 21.4 Å². The van der Waals surface area contributed by atoms with Gasteiger partial charge in [0.25, 0.3) is 0 Å². The topological polar surface area (TPSA) is 91.7 Å². The number of aromatic carboxylic acids is 1. The van der Waals surface area contributed by atoms with E-state index < -0.39 is 14.2 Å². The molecule has 0 saturated heterocycles. The molecule has 5 nitrogen and oxygen atoms in total. The molecule has 0 fully saturated rings. The van der Waals surface area contributed by atoms with Gasteiger partial charge in [0.2, 0.25) is 0 Å². The Balaban J connectivity index is 0.000000336. The van der Waals surface area contributed by atoms with Gasteiger partial charge in [0.15, 0.2) is 0 Å². The van der Waals surface area contributed by atoms with E-state index in [1.54, 1.807) is 12.1 Å². The van der Waals surface area contributed by atoms with Crippen molar-refractivity contribution in [3.05, 3.63) is 29.8 Å². The minimum atomic E-state index is -3.72. The number of carboxylic acids is 1. The summed E-state index contributed by atoms with van der Waals surface area (Å²) in [5.74, 6) is -1.31. The monoisotopic (exact) mass is 272 g/mol. The molecule has 0 aliphatic carbocycles. The third kappa shape index (κ3) is 8.04. The van der Waals surface area contributed by atoms with E-state index in [0.717, 1.165) is 0 Å². The fourth-order valence-electron chi connectivity index (χ4n) is 0.654. The molecule has 1 aromatic carbocycles. The van der Waals surface area contributed by atoms with Crippen LogP contribution in [0.5, 0.6) is 5.75 Å². The molecule has 0 aromatic heterocycles. The summed E-state index contributed by atoms with van der Waals surface area (Å²) in [6.07, 6.45) is 0. The Morgan fingerprint density at radius 3 is 1.87 bits per heavy atom. The molecule has 0 aliphatic heterocycles. The van der Waals surface area contributed by atoms with Gasteiger partial charge in [-0.15, -0.1) is 0 Å². The number of benzene rings is 1. The summed E-state index contributed by atoms with van der Waals surface area (Å²) in [5.41, 5.74) is -0.0671. The van der Waals surface area contributed by atoms with Gasteiger partial charge in [-0.2, -0.15) is 8.42 Å². The van der Waals surface area contributed by atoms with E-state index in [9.17, 15) is 4.79 Å². The highest BCUT2D eigenvalue weighted by Gasteiger charge is 2.05. The summed E-state index contributed by atoms with van der Waals surface area (Å²) in [5, 5.41) is 17.3. The second kappa shape index (κ2) is 5.79. The molecule has 0 radical (unpaired) electrons. The zero-order valence-electron chi connectivity index (χ0n) is 7.09. The molecule has 0 atom stereocenters. The SMILES string of the molecule is O=C(O)c1ccccc1O.O=S(=O)(Cl)Cl. The van der Waals surface area contributed by atoms with Crippen LogP contribution in [-0.4, -0.2) is 24.6 Å². The van der Waals surface area contributed by atoms with E-state index in [-0.39, 0.29) is 11.3 Å². The maximum atomic E-state index is 10.3. The number of aromatic hydroxyl groups is 1. The van der Waals surface area contributed by atoms with Crippen LogP contribution in [0.1, 0.15) is 10.4 Å². The first kappa shape index (κ1) is 14.0. The van der Waals surface area contributed by atoms with Crippen LogP contribution in [0.2, 0.25) is 0 Å². The Bertz CT molecular complexity index is 434. The summed E-state index contributed by atoms with van der Waals surface area (Å²) in [4.78, 5) is 10.3. The Labute approximate surface area is 94.8 Å². The van der Waals surface area contributed by atoms with E-state index >= 15 is 0 Å². The lowest BCUT2D eigenvalue weighted by Crippen LogP contribution is -1.95. The van der Waals surface area contributed by atoms with E-state index in [1.165, 1.54) is 12.1 Å². The Hall–Kier alpha value is -0.980. The van der Waals surface area contributed by atoms with Crippen molar-refractivity contribution in [2.75, 3.05) is 0 Å². The van der Waals surface area contributed by atoms with Crippen LogP contribution < -0.4 is 0 Å². The first-order valence-electron chi connectivity index (χ1n) is 3.37. The van der Waals surface area contributed by atoms with Gasteiger partial charge in [-0.1, -0.05) is 12.1 Å². The van der Waals surface area contributed by atoms with E-state index in [4.69, 9.17) is 18.6 Å². The smallest absolute Gasteiger partial charge is 0.339 e. The maximum Gasteiger partial charge on any atom is 0.339 e. The van der Waals surface area contributed by atoms with Crippen LogP contribution in [-0.2, 0) is 8.26 Å². The first-order valence-corrected chi connectivity index (χ1v) is 6.51. The zero-order valence-corrected chi connectivity index (χ0v) is 9.42. The molecule has 1 rings (SSSR count). The highest BCUT2D eigenvalue weighted by atomic mass is 36.0. The number of phenols is 1. The van der Waals surface area contributed by atoms with Gasteiger partial charge in [-0.3, -0.25) is 0 Å². The highest BCUT2D eigenvalue weighted by Crippen LogP contribution is 2.14. The molecule has 2 N–H and O–H groups in total. The quantitative estimate of drug-likeness (QED) is 0.761. The van der Waals surface area contributed by atoms with E-state index in [2.05, 4.69) is 21.4 Å². The van der Waals surface area contributed by atoms with Crippen LogP contribution in [0.4, 0.5) is 0 Å². The molecule has 0 unspecified atom stereocenters. The van der Waals surface area contributed by atoms with Crippen LogP contribution in [0.3, 0.4) is 0 Å². The molecule has 0 saturated carbocycles. The third-order valence-electron chi connectivity index (χ3n) is 1.13. The molecule has 15 heavy (non-hydrogen) atoms. The van der Waals surface area contributed by atoms with Crippen LogP contribution >= 0.6 is 21.4 Å². The molecule has 0 amide bonds. The Morgan fingerprint density at radius 2 is 1.60 bits per heavy atom. The van der Waals surface area contributed by atoms with Crippen molar-refractivity contribution in [2.24, 2.45) is 0 Å². The minimum absolute atomic E-state index is 0.0671. The van der Waals surface area contributed by atoms with Crippen LogP contribution in [0, 0.1) is 0 Å². The number of para-hydroxylation sites is 1. The number of carboxylic acid groups (broad SMARTS) is 1. The summed E-state index contributed by atoms with van der Waals surface area (Å²) in [6.45, 7) is 0. The Kier molecular flexibility index (Phi) is 5.41. The van der Waals surface area contributed by atoms with Gasteiger partial charge in [-0.25, -0.2) is 4.79 Å². The number of halogens is 2. The molecule has 84 valence electrons. The normalized spacial score (nSPS) is 10.0. The second-order valence-electron chi connectivity index (χ2n) is 2.20. The van der Waals surface area contributed by atoms with Crippen molar-refractivity contribution < 1.29 is 23.4 Å². The molecule has 0 aliphatic rings. The summed E-state index contributed by atoms with van der Waals surface area (Å²) in [6, 6.07) is 5.81. The summed E-state index contributed by atoms with van der Waals surface area (Å²) >= 11 is 0. The van der Waals surface area contributed by atoms with Crippen molar-refractivity contribution in [2.45, 2.75) is 0 Å². The fourth-order valence-corrected chi connectivity index (χ4v) is 0.654. The van der Waals surface area contributed by atoms with Gasteiger partial charge >= 0.3 is 14.2 Å². The van der Waals surface area contributed by atoms with Gasteiger partial charge in [0.05, 0.1) is 0 Å². The highest BCUT2D eigenvalue weighted by molar-refractivity contribution is 8.31. The summed E-state index contributed by atoms with van der Waals surface area (Å²) in [7, 11) is 4.81. The van der Waals surface area contributed by atoms with Crippen molar-refractivity contribution in [3.63, 3.8) is 0 Å². The number of carbonyl (C=O) groups is 1. The lowest BCUT2D eigenvalue weighted by molar-refractivity contribution is 0.0693. The zero-order chi connectivity index (χ0) is 12.1. The number of hydrogen-bond acceptors (Lipinski definition) is 4. The van der Waals surface area contributed by atoms with Crippen molar-refractivity contribution in [3.8, 4) is 5.75 Å². The Morgan fingerprint density at radius 1 is 1.20 bits per heavy atom. The number of hydrogen-bond donors (Lipinski definition) is 2. The molecule has 0 spiro atoms. The largest absolute Gasteiger partial charge is 0.507 e. The second-order valence-corrected chi connectivity index (χ2v) is 5.87. The maximum absolute atomic E-state index is 10.3. The minimum Gasteiger partial charge on any atom is -0.507 e. The van der Waals surface area contributed by atoms with E-state index in [0.29, 0.717) is 0 Å². The first-order chi connectivity index (χ1) is 6.72. The van der Waals surface area contributed by atoms with Crippen LogP contribution in [0.25, 0.3) is 0 Å². The van der Waals surface area contributed by atoms with Crippen LogP contribution in [0.15, 0.2) is 24.3 Å². The lowest BCUT2D eigenvalue weighted by Gasteiger charge is -1.95. The molecule has 1 aromatic rings. The van der Waals surface area contributed by atoms with Gasteiger partial charge in [0.1, 0.15) is 11.3 Å². The predicted octanol–water partition coefficient (Wildman–Crippen LogP) is 1.80. The average molecular weight is 273 g/mol. The molecule has 0 heterocycles. The molecular formula is C7H6Cl2O5S. The van der Waals surface area contributed by atoms with Crippen molar-refractivity contribution in [1.29, 1.82) is 0 Å². The third-order valence-corrected chi connectivity index (χ3v) is 1.13. The fraction of sp³-hybridized carbons (Fsp3) is 0. The predicted molar refractivity (Wildman–Crippen MR) is 55.7 cm³/mol. The number of rotatable bonds is 1. The van der Waals surface area contributed by atoms with Crippen molar-refractivity contribution in [1.82, 2.24) is 0 Å². The molecule has 8 heteroatoms. The summed E-state index contributed by atoms with van der Waals surface area (Å²) < 4.78 is 18.3. The lowest BCUT2D eigenvalue weighted by atomic mass is 10.2. The standard InChI is InChI=1S/C7H6O3.Cl2O2S/c8-6-4-2-1-3-5(6)7(9)10;1-5(2,3)4/h1-4,8H,(H,9,10);. The van der Waals surface area contributed by atoms with Gasteiger partial charge < -0.3 is 10.2 Å². The molecular weight excluding hydrogens is 267 g/mol. The molecule has 0 bridgehead atoms. The van der Waals surface area contributed by atoms with E-state index in [1.807, 2.05) is 0 Å². The average Bonchev–Trinajstić information content (AvgIpc) is 2.01. The van der Waals surface area contributed by atoms with Gasteiger partial charge in [-0.05, 0) is 12.1 Å².